The van der Waals surface area contributed by atoms with Gasteiger partial charge in [0.25, 0.3) is 5.91 Å². The molecule has 0 spiro atoms. The third-order valence-electron chi connectivity index (χ3n) is 1.49. The molecule has 0 saturated carbocycles. The zero-order chi connectivity index (χ0) is 8.97. The highest BCUT2D eigenvalue weighted by molar-refractivity contribution is 5.94. The maximum atomic E-state index is 11.0. The van der Waals surface area contributed by atoms with Gasteiger partial charge in [0.05, 0.1) is 5.69 Å². The topological polar surface area (TPSA) is 65.3 Å². The molecule has 0 aliphatic carbocycles. The lowest BCUT2D eigenvalue weighted by molar-refractivity contribution is 0.0963. The Hall–Kier alpha value is -1.71. The van der Waals surface area contributed by atoms with Gasteiger partial charge in [0, 0.05) is 12.6 Å². The maximum Gasteiger partial charge on any atom is 0.251 e. The van der Waals surface area contributed by atoms with E-state index in [1.54, 1.807) is 31.3 Å². The quantitative estimate of drug-likeness (QED) is 0.640. The number of carbonyl (C=O) groups is 1. The highest BCUT2D eigenvalue weighted by Gasteiger charge is 2.00. The summed E-state index contributed by atoms with van der Waals surface area (Å²) in [4.78, 5) is 11.0. The number of carbonyl (C=O) groups excluding carboxylic acids is 1. The zero-order valence-corrected chi connectivity index (χ0v) is 6.66. The van der Waals surface area contributed by atoms with Gasteiger partial charge in [-0.2, -0.15) is 5.11 Å². The lowest BCUT2D eigenvalue weighted by Crippen LogP contribution is -2.17. The summed E-state index contributed by atoms with van der Waals surface area (Å²) in [6.07, 6.45) is 0. The molecule has 0 aliphatic heterocycles. The largest absolute Gasteiger partial charge is 0.355 e. The third-order valence-corrected chi connectivity index (χ3v) is 1.49. The van der Waals surface area contributed by atoms with E-state index in [1.165, 1.54) is 0 Å². The molecule has 0 atom stereocenters. The van der Waals surface area contributed by atoms with Crippen molar-refractivity contribution >= 4 is 11.6 Å². The number of benzene rings is 1. The summed E-state index contributed by atoms with van der Waals surface area (Å²) in [6.45, 7) is 0. The second-order valence-electron chi connectivity index (χ2n) is 2.24. The molecule has 4 nitrogen and oxygen atoms in total. The van der Waals surface area contributed by atoms with Crippen LogP contribution < -0.4 is 5.32 Å². The molecule has 12 heavy (non-hydrogen) atoms. The zero-order valence-electron chi connectivity index (χ0n) is 6.66. The summed E-state index contributed by atoms with van der Waals surface area (Å²) in [7, 11) is 1.57. The molecule has 0 radical (unpaired) electrons. The Kier molecular flexibility index (Phi) is 2.53. The van der Waals surface area contributed by atoms with Crippen LogP contribution in [0.2, 0.25) is 0 Å². The molecule has 62 valence electrons. The summed E-state index contributed by atoms with van der Waals surface area (Å²) in [5.41, 5.74) is 7.81. The third kappa shape index (κ3) is 1.66. The second-order valence-corrected chi connectivity index (χ2v) is 2.24. The van der Waals surface area contributed by atoms with Crippen molar-refractivity contribution in [3.05, 3.63) is 29.8 Å². The molecule has 0 aliphatic rings. The van der Waals surface area contributed by atoms with E-state index in [0.29, 0.717) is 11.3 Å². The van der Waals surface area contributed by atoms with Gasteiger partial charge in [-0.1, -0.05) is 0 Å². The molecule has 0 unspecified atom stereocenters. The van der Waals surface area contributed by atoms with Crippen molar-refractivity contribution in [1.29, 1.82) is 5.53 Å². The first kappa shape index (κ1) is 8.39. The van der Waals surface area contributed by atoms with Gasteiger partial charge in [0.1, 0.15) is 0 Å². The molecule has 1 aromatic carbocycles. The van der Waals surface area contributed by atoms with Gasteiger partial charge in [-0.05, 0) is 24.3 Å². The minimum Gasteiger partial charge on any atom is -0.355 e. The van der Waals surface area contributed by atoms with Crippen LogP contribution in [0.1, 0.15) is 10.4 Å². The number of rotatable bonds is 2. The molecule has 4 heteroatoms. The summed E-state index contributed by atoms with van der Waals surface area (Å²) >= 11 is 0. The van der Waals surface area contributed by atoms with Crippen molar-refractivity contribution in [3.63, 3.8) is 0 Å². The van der Waals surface area contributed by atoms with E-state index in [-0.39, 0.29) is 5.91 Å². The van der Waals surface area contributed by atoms with Gasteiger partial charge < -0.3 is 5.32 Å². The Morgan fingerprint density at radius 1 is 1.42 bits per heavy atom. The minimum absolute atomic E-state index is 0.133. The SMILES string of the molecule is CNC(=O)c1ccc(N=N)cc1. The van der Waals surface area contributed by atoms with E-state index in [0.717, 1.165) is 0 Å². The standard InChI is InChI=1S/C8H9N3O/c1-10-8(12)6-2-4-7(11-9)5-3-6/h2-5,9H,1H3,(H,10,12). The predicted molar refractivity (Wildman–Crippen MR) is 44.6 cm³/mol. The maximum absolute atomic E-state index is 11.0. The van der Waals surface area contributed by atoms with E-state index in [2.05, 4.69) is 10.4 Å². The van der Waals surface area contributed by atoms with Crippen LogP contribution in [-0.2, 0) is 0 Å². The first-order valence-electron chi connectivity index (χ1n) is 3.47. The monoisotopic (exact) mass is 163 g/mol. The van der Waals surface area contributed by atoms with Crippen LogP contribution in [0.5, 0.6) is 0 Å². The lowest BCUT2D eigenvalue weighted by Gasteiger charge is -1.98. The van der Waals surface area contributed by atoms with Crippen LogP contribution in [0.25, 0.3) is 0 Å². The van der Waals surface area contributed by atoms with Crippen LogP contribution in [-0.4, -0.2) is 13.0 Å². The molecule has 2 N–H and O–H groups in total. The normalized spacial score (nSPS) is 9.08. The summed E-state index contributed by atoms with van der Waals surface area (Å²) in [6, 6.07) is 6.51. The van der Waals surface area contributed by atoms with Crippen molar-refractivity contribution in [3.8, 4) is 0 Å². The summed E-state index contributed by atoms with van der Waals surface area (Å²) in [5, 5.41) is 5.72. The first-order valence-corrected chi connectivity index (χ1v) is 3.47. The van der Waals surface area contributed by atoms with Crippen LogP contribution in [0.15, 0.2) is 29.4 Å². The van der Waals surface area contributed by atoms with E-state index in [1.807, 2.05) is 0 Å². The number of amides is 1. The summed E-state index contributed by atoms with van der Waals surface area (Å²) < 4.78 is 0. The van der Waals surface area contributed by atoms with Gasteiger partial charge >= 0.3 is 0 Å². The molecule has 0 saturated heterocycles. The molecule has 0 heterocycles. The number of hydrogen-bond acceptors (Lipinski definition) is 3. The Morgan fingerprint density at radius 3 is 2.42 bits per heavy atom. The van der Waals surface area contributed by atoms with Gasteiger partial charge in [-0.3, -0.25) is 4.79 Å². The van der Waals surface area contributed by atoms with Gasteiger partial charge in [0.15, 0.2) is 0 Å². The average Bonchev–Trinajstić information content (AvgIpc) is 2.17. The van der Waals surface area contributed by atoms with Crippen molar-refractivity contribution in [2.45, 2.75) is 0 Å². The van der Waals surface area contributed by atoms with E-state index >= 15 is 0 Å². The molecule has 1 rings (SSSR count). The molecule has 0 fully saturated rings. The fraction of sp³-hybridized carbons (Fsp3) is 0.125. The second kappa shape index (κ2) is 3.61. The number of nitrogens with zero attached hydrogens (tertiary/aromatic N) is 1. The van der Waals surface area contributed by atoms with Crippen molar-refractivity contribution in [1.82, 2.24) is 5.32 Å². The molecule has 1 amide bonds. The average molecular weight is 163 g/mol. The van der Waals surface area contributed by atoms with Crippen molar-refractivity contribution in [2.24, 2.45) is 5.11 Å². The molecule has 0 aromatic heterocycles. The van der Waals surface area contributed by atoms with E-state index < -0.39 is 0 Å². The predicted octanol–water partition coefficient (Wildman–Crippen LogP) is 1.71. The van der Waals surface area contributed by atoms with Crippen molar-refractivity contribution in [2.75, 3.05) is 7.05 Å². The highest BCUT2D eigenvalue weighted by atomic mass is 16.1. The van der Waals surface area contributed by atoms with Crippen LogP contribution in [0.3, 0.4) is 0 Å². The Balaban J connectivity index is 2.91. The highest BCUT2D eigenvalue weighted by Crippen LogP contribution is 2.11. The van der Waals surface area contributed by atoms with Crippen LogP contribution >= 0.6 is 0 Å². The Morgan fingerprint density at radius 2 is 2.00 bits per heavy atom. The number of nitrogens with one attached hydrogen (secondary N) is 2. The van der Waals surface area contributed by atoms with Gasteiger partial charge in [0.2, 0.25) is 0 Å². The fourth-order valence-corrected chi connectivity index (χ4v) is 0.832. The smallest absolute Gasteiger partial charge is 0.251 e. The molecular weight excluding hydrogens is 154 g/mol. The van der Waals surface area contributed by atoms with E-state index in [4.69, 9.17) is 5.53 Å². The van der Waals surface area contributed by atoms with Crippen LogP contribution in [0, 0.1) is 5.53 Å². The molecule has 0 bridgehead atoms. The number of hydrogen-bond donors (Lipinski definition) is 2. The summed E-state index contributed by atoms with van der Waals surface area (Å²) in [5.74, 6) is -0.133. The molecular formula is C8H9N3O. The molecule has 1 aromatic rings. The van der Waals surface area contributed by atoms with Gasteiger partial charge in [-0.25, -0.2) is 5.53 Å². The Bertz CT molecular complexity index is 292. The Labute approximate surface area is 70.1 Å². The fourth-order valence-electron chi connectivity index (χ4n) is 0.832. The van der Waals surface area contributed by atoms with Crippen molar-refractivity contribution < 1.29 is 4.79 Å². The first-order chi connectivity index (χ1) is 5.77. The van der Waals surface area contributed by atoms with Crippen LogP contribution in [0.4, 0.5) is 5.69 Å². The lowest BCUT2D eigenvalue weighted by atomic mass is 10.2. The van der Waals surface area contributed by atoms with E-state index in [9.17, 15) is 4.79 Å². The van der Waals surface area contributed by atoms with Gasteiger partial charge in [-0.15, -0.1) is 0 Å². The minimum atomic E-state index is -0.133.